The van der Waals surface area contributed by atoms with Gasteiger partial charge in [-0.2, -0.15) is 0 Å². The van der Waals surface area contributed by atoms with Crippen molar-refractivity contribution in [2.45, 2.75) is 33.5 Å². The number of hydrogen-bond donors (Lipinski definition) is 1. The lowest BCUT2D eigenvalue weighted by Crippen LogP contribution is -2.12. The summed E-state index contributed by atoms with van der Waals surface area (Å²) in [4.78, 5) is 8.46. The van der Waals surface area contributed by atoms with E-state index in [2.05, 4.69) is 33.7 Å². The van der Waals surface area contributed by atoms with Gasteiger partial charge in [0.1, 0.15) is 12.4 Å². The highest BCUT2D eigenvalue weighted by Gasteiger charge is 2.02. The Morgan fingerprint density at radius 2 is 2.16 bits per heavy atom. The summed E-state index contributed by atoms with van der Waals surface area (Å²) in [5, 5.41) is 3.24. The molecule has 0 unspecified atom stereocenters. The molecule has 0 saturated heterocycles. The summed E-state index contributed by atoms with van der Waals surface area (Å²) >= 11 is 0. The standard InChI is InChI=1S/C14H20N4O/c1-3-15-7-12-5-6-14(9-17-12)19-10-13-8-16-11-18(13)4-2/h5-6,8-9,11,15H,3-4,7,10H2,1-2H3. The lowest BCUT2D eigenvalue weighted by molar-refractivity contribution is 0.294. The van der Waals surface area contributed by atoms with Crippen molar-refractivity contribution >= 4 is 0 Å². The van der Waals surface area contributed by atoms with Gasteiger partial charge >= 0.3 is 0 Å². The van der Waals surface area contributed by atoms with Crippen molar-refractivity contribution in [1.29, 1.82) is 0 Å². The van der Waals surface area contributed by atoms with Crippen LogP contribution in [0.4, 0.5) is 0 Å². The van der Waals surface area contributed by atoms with E-state index in [1.54, 1.807) is 6.20 Å². The lowest BCUT2D eigenvalue weighted by atomic mass is 10.3. The van der Waals surface area contributed by atoms with E-state index in [0.717, 1.165) is 36.8 Å². The first kappa shape index (κ1) is 13.5. The highest BCUT2D eigenvalue weighted by atomic mass is 16.5. The Labute approximate surface area is 113 Å². The highest BCUT2D eigenvalue weighted by molar-refractivity contribution is 5.20. The number of nitrogens with zero attached hydrogens (tertiary/aromatic N) is 3. The van der Waals surface area contributed by atoms with Crippen molar-refractivity contribution in [3.63, 3.8) is 0 Å². The van der Waals surface area contributed by atoms with Gasteiger partial charge in [-0.25, -0.2) is 4.98 Å². The molecule has 0 bridgehead atoms. The van der Waals surface area contributed by atoms with E-state index in [9.17, 15) is 0 Å². The third-order valence-electron chi connectivity index (χ3n) is 2.88. The summed E-state index contributed by atoms with van der Waals surface area (Å²) in [6.07, 6.45) is 5.41. The largest absolute Gasteiger partial charge is 0.486 e. The van der Waals surface area contributed by atoms with Crippen LogP contribution in [-0.2, 0) is 19.7 Å². The molecule has 0 radical (unpaired) electrons. The van der Waals surface area contributed by atoms with E-state index >= 15 is 0 Å². The molecular weight excluding hydrogens is 240 g/mol. The summed E-state index contributed by atoms with van der Waals surface area (Å²) in [5.74, 6) is 0.782. The molecule has 0 amide bonds. The molecule has 0 aliphatic rings. The molecule has 2 aromatic rings. The quantitative estimate of drug-likeness (QED) is 0.827. The monoisotopic (exact) mass is 260 g/mol. The van der Waals surface area contributed by atoms with Gasteiger partial charge in [-0.3, -0.25) is 4.98 Å². The maximum absolute atomic E-state index is 5.71. The van der Waals surface area contributed by atoms with E-state index in [0.29, 0.717) is 6.61 Å². The first-order valence-corrected chi connectivity index (χ1v) is 6.61. The summed E-state index contributed by atoms with van der Waals surface area (Å²) in [6, 6.07) is 3.93. The van der Waals surface area contributed by atoms with Crippen LogP contribution in [0.5, 0.6) is 5.75 Å². The molecule has 0 spiro atoms. The first-order valence-electron chi connectivity index (χ1n) is 6.61. The molecule has 0 fully saturated rings. The van der Waals surface area contributed by atoms with Crippen molar-refractivity contribution in [1.82, 2.24) is 19.9 Å². The average Bonchev–Trinajstić information content (AvgIpc) is 2.91. The van der Waals surface area contributed by atoms with Gasteiger partial charge in [0.2, 0.25) is 0 Å². The minimum Gasteiger partial charge on any atom is -0.486 e. The van der Waals surface area contributed by atoms with Crippen molar-refractivity contribution < 1.29 is 4.74 Å². The van der Waals surface area contributed by atoms with Crippen LogP contribution in [0.2, 0.25) is 0 Å². The fraction of sp³-hybridized carbons (Fsp3) is 0.429. The van der Waals surface area contributed by atoms with Crippen LogP contribution < -0.4 is 10.1 Å². The fourth-order valence-corrected chi connectivity index (χ4v) is 1.76. The van der Waals surface area contributed by atoms with E-state index in [-0.39, 0.29) is 0 Å². The predicted octanol–water partition coefficient (Wildman–Crippen LogP) is 1.99. The molecule has 19 heavy (non-hydrogen) atoms. The number of imidazole rings is 1. The van der Waals surface area contributed by atoms with Crippen LogP contribution in [0.25, 0.3) is 0 Å². The van der Waals surface area contributed by atoms with Gasteiger partial charge in [-0.15, -0.1) is 0 Å². The molecule has 0 aliphatic heterocycles. The fourth-order valence-electron chi connectivity index (χ4n) is 1.76. The summed E-state index contributed by atoms with van der Waals surface area (Å²) < 4.78 is 7.77. The molecule has 2 rings (SSSR count). The summed E-state index contributed by atoms with van der Waals surface area (Å²) in [7, 11) is 0. The van der Waals surface area contributed by atoms with Gasteiger partial charge < -0.3 is 14.6 Å². The van der Waals surface area contributed by atoms with Crippen molar-refractivity contribution in [3.05, 3.63) is 42.2 Å². The number of aromatic nitrogens is 3. The van der Waals surface area contributed by atoms with Gasteiger partial charge in [0.25, 0.3) is 0 Å². The second-order valence-electron chi connectivity index (χ2n) is 4.23. The summed E-state index contributed by atoms with van der Waals surface area (Å²) in [6.45, 7) is 7.32. The van der Waals surface area contributed by atoms with Crippen LogP contribution in [0.3, 0.4) is 0 Å². The van der Waals surface area contributed by atoms with Gasteiger partial charge in [0.05, 0.1) is 30.1 Å². The van der Waals surface area contributed by atoms with Crippen LogP contribution in [0.1, 0.15) is 25.2 Å². The number of pyridine rings is 1. The molecule has 5 nitrogen and oxygen atoms in total. The lowest BCUT2D eigenvalue weighted by Gasteiger charge is -2.08. The second kappa shape index (κ2) is 6.89. The number of aryl methyl sites for hydroxylation is 1. The topological polar surface area (TPSA) is 52.0 Å². The average molecular weight is 260 g/mol. The molecular formula is C14H20N4O. The third-order valence-corrected chi connectivity index (χ3v) is 2.88. The SMILES string of the molecule is CCNCc1ccc(OCc2cncn2CC)cn1. The smallest absolute Gasteiger partial charge is 0.138 e. The Balaban J connectivity index is 1.89. The zero-order chi connectivity index (χ0) is 13.5. The van der Waals surface area contributed by atoms with Crippen molar-refractivity contribution in [2.24, 2.45) is 0 Å². The normalized spacial score (nSPS) is 10.6. The molecule has 2 aromatic heterocycles. The first-order chi connectivity index (χ1) is 9.33. The van der Waals surface area contributed by atoms with Crippen LogP contribution >= 0.6 is 0 Å². The minimum absolute atomic E-state index is 0.516. The zero-order valence-electron chi connectivity index (χ0n) is 11.5. The molecule has 5 heteroatoms. The third kappa shape index (κ3) is 3.79. The van der Waals surface area contributed by atoms with Gasteiger partial charge in [0.15, 0.2) is 0 Å². The Morgan fingerprint density at radius 3 is 2.84 bits per heavy atom. The Kier molecular flexibility index (Phi) is 4.92. The minimum atomic E-state index is 0.516. The van der Waals surface area contributed by atoms with Gasteiger partial charge in [-0.05, 0) is 25.6 Å². The maximum Gasteiger partial charge on any atom is 0.138 e. The molecule has 102 valence electrons. The number of hydrogen-bond acceptors (Lipinski definition) is 4. The van der Waals surface area contributed by atoms with Crippen molar-refractivity contribution in [3.8, 4) is 5.75 Å². The Morgan fingerprint density at radius 1 is 1.26 bits per heavy atom. The van der Waals surface area contributed by atoms with E-state index in [1.165, 1.54) is 0 Å². The van der Waals surface area contributed by atoms with Crippen LogP contribution in [0.15, 0.2) is 30.9 Å². The van der Waals surface area contributed by atoms with Crippen molar-refractivity contribution in [2.75, 3.05) is 6.54 Å². The predicted molar refractivity (Wildman–Crippen MR) is 73.9 cm³/mol. The summed E-state index contributed by atoms with van der Waals surface area (Å²) in [5.41, 5.74) is 2.09. The molecule has 1 N–H and O–H groups in total. The number of nitrogens with one attached hydrogen (secondary N) is 1. The molecule has 2 heterocycles. The molecule has 0 saturated carbocycles. The van der Waals surface area contributed by atoms with Gasteiger partial charge in [-0.1, -0.05) is 6.92 Å². The molecule has 0 atom stereocenters. The Bertz CT molecular complexity index is 492. The highest BCUT2D eigenvalue weighted by Crippen LogP contribution is 2.12. The Hall–Kier alpha value is -1.88. The van der Waals surface area contributed by atoms with Crippen LogP contribution in [-0.4, -0.2) is 21.1 Å². The van der Waals surface area contributed by atoms with Crippen LogP contribution in [0, 0.1) is 0 Å². The maximum atomic E-state index is 5.71. The second-order valence-corrected chi connectivity index (χ2v) is 4.23. The number of ether oxygens (including phenoxy) is 1. The number of rotatable bonds is 7. The van der Waals surface area contributed by atoms with Gasteiger partial charge in [0, 0.05) is 13.1 Å². The van der Waals surface area contributed by atoms with E-state index in [4.69, 9.17) is 4.74 Å². The molecule has 0 aromatic carbocycles. The molecule has 0 aliphatic carbocycles. The zero-order valence-corrected chi connectivity index (χ0v) is 11.5. The van der Waals surface area contributed by atoms with E-state index < -0.39 is 0 Å². The van der Waals surface area contributed by atoms with E-state index in [1.807, 2.05) is 24.7 Å².